The number of ether oxygens (including phenoxy) is 1. The first-order valence-electron chi connectivity index (χ1n) is 9.70. The lowest BCUT2D eigenvalue weighted by molar-refractivity contribution is -0.162. The maximum atomic E-state index is 12.6. The monoisotopic (exact) mass is 462 g/mol. The van der Waals surface area contributed by atoms with Crippen LogP contribution in [0, 0.1) is 0 Å². The van der Waals surface area contributed by atoms with E-state index in [0.717, 1.165) is 26.7 Å². The lowest BCUT2D eigenvalue weighted by Gasteiger charge is -2.27. The van der Waals surface area contributed by atoms with Gasteiger partial charge in [0.15, 0.2) is 0 Å². The Balaban J connectivity index is 1.49. The van der Waals surface area contributed by atoms with E-state index in [4.69, 9.17) is 4.74 Å². The highest BCUT2D eigenvalue weighted by Gasteiger charge is 2.35. The van der Waals surface area contributed by atoms with Crippen LogP contribution in [-0.2, 0) is 17.8 Å². The topological polar surface area (TPSA) is 96.0 Å². The number of carbonyl (C=O) groups is 1. The maximum absolute atomic E-state index is 12.6. The Hall–Kier alpha value is -3.41. The van der Waals surface area contributed by atoms with Gasteiger partial charge in [-0.15, -0.1) is 11.3 Å². The van der Waals surface area contributed by atoms with Gasteiger partial charge in [0.1, 0.15) is 29.1 Å². The van der Waals surface area contributed by atoms with Gasteiger partial charge in [0.25, 0.3) is 0 Å². The molecule has 0 saturated carbocycles. The molecule has 5 rings (SSSR count). The number of nitrogens with one attached hydrogen (secondary N) is 2. The minimum absolute atomic E-state index is 0.134. The fourth-order valence-electron chi connectivity index (χ4n) is 3.88. The Bertz CT molecular complexity index is 1330. The van der Waals surface area contributed by atoms with Crippen molar-refractivity contribution in [2.24, 2.45) is 0 Å². The maximum Gasteiger partial charge on any atom is 0.397 e. The predicted octanol–water partition coefficient (Wildman–Crippen LogP) is 4.16. The molecule has 0 aliphatic carbocycles. The summed E-state index contributed by atoms with van der Waals surface area (Å²) in [5, 5.41) is 11.9. The number of amides is 1. The fraction of sp³-hybridized carbons (Fsp3) is 0.300. The Kier molecular flexibility index (Phi) is 4.88. The number of anilines is 2. The van der Waals surface area contributed by atoms with Crippen LogP contribution in [0.4, 0.5) is 24.7 Å². The standard InChI is InChI=1S/C20H17F3N6O2S/c1-31-14-5-12-10(7-26-28-12)4-13(14)27-18-17-11-2-3-29(16(30)6-20(21,22)23)8-15(11)32-19(17)25-9-24-18/h4-5,7,9H,2-3,6,8H2,1H3,(H,26,28)(H,24,25,27). The van der Waals surface area contributed by atoms with Crippen molar-refractivity contribution in [3.05, 3.63) is 35.1 Å². The number of benzene rings is 1. The molecule has 166 valence electrons. The van der Waals surface area contributed by atoms with E-state index in [2.05, 4.69) is 25.5 Å². The predicted molar refractivity (Wildman–Crippen MR) is 113 cm³/mol. The average Bonchev–Trinajstić information content (AvgIpc) is 3.35. The molecular weight excluding hydrogens is 445 g/mol. The smallest absolute Gasteiger partial charge is 0.397 e. The number of methoxy groups -OCH3 is 1. The largest absolute Gasteiger partial charge is 0.494 e. The number of aromatic nitrogens is 4. The Morgan fingerprint density at radius 1 is 1.34 bits per heavy atom. The molecule has 0 atom stereocenters. The summed E-state index contributed by atoms with van der Waals surface area (Å²) < 4.78 is 43.4. The molecule has 0 spiro atoms. The number of hydrogen-bond donors (Lipinski definition) is 2. The van der Waals surface area contributed by atoms with Gasteiger partial charge >= 0.3 is 6.18 Å². The van der Waals surface area contributed by atoms with Crippen LogP contribution >= 0.6 is 11.3 Å². The number of thiophene rings is 1. The van der Waals surface area contributed by atoms with Crippen molar-refractivity contribution in [1.29, 1.82) is 0 Å². The summed E-state index contributed by atoms with van der Waals surface area (Å²) in [6, 6.07) is 3.72. The molecule has 4 heterocycles. The molecule has 4 aromatic rings. The van der Waals surface area contributed by atoms with E-state index in [-0.39, 0.29) is 13.1 Å². The first-order chi connectivity index (χ1) is 15.3. The zero-order valence-electron chi connectivity index (χ0n) is 16.8. The Morgan fingerprint density at radius 3 is 2.97 bits per heavy atom. The zero-order valence-corrected chi connectivity index (χ0v) is 17.6. The van der Waals surface area contributed by atoms with Crippen molar-refractivity contribution in [2.45, 2.75) is 25.6 Å². The van der Waals surface area contributed by atoms with Crippen molar-refractivity contribution in [3.8, 4) is 5.75 Å². The highest BCUT2D eigenvalue weighted by atomic mass is 32.1. The molecule has 0 fully saturated rings. The van der Waals surface area contributed by atoms with E-state index in [1.165, 1.54) is 22.6 Å². The van der Waals surface area contributed by atoms with E-state index in [0.29, 0.717) is 28.5 Å². The van der Waals surface area contributed by atoms with Crippen LogP contribution in [0.3, 0.4) is 0 Å². The van der Waals surface area contributed by atoms with Crippen molar-refractivity contribution in [2.75, 3.05) is 19.0 Å². The minimum atomic E-state index is -4.52. The van der Waals surface area contributed by atoms with E-state index in [1.807, 2.05) is 12.1 Å². The molecular formula is C20H17F3N6O2S. The van der Waals surface area contributed by atoms with Gasteiger partial charge in [0.2, 0.25) is 5.91 Å². The number of carbonyl (C=O) groups excluding carboxylic acids is 1. The fourth-order valence-corrected chi connectivity index (χ4v) is 5.09. The summed E-state index contributed by atoms with van der Waals surface area (Å²) in [4.78, 5) is 23.6. The number of alkyl halides is 3. The molecule has 1 aromatic carbocycles. The van der Waals surface area contributed by atoms with Gasteiger partial charge in [-0.05, 0) is 18.1 Å². The third-order valence-corrected chi connectivity index (χ3v) is 6.48. The second kappa shape index (κ2) is 7.62. The van der Waals surface area contributed by atoms with Gasteiger partial charge in [0.05, 0.1) is 36.4 Å². The van der Waals surface area contributed by atoms with Crippen LogP contribution in [0.5, 0.6) is 5.75 Å². The molecule has 0 bridgehead atoms. The number of H-pyrrole nitrogens is 1. The molecule has 0 unspecified atom stereocenters. The molecule has 1 amide bonds. The van der Waals surface area contributed by atoms with E-state index < -0.39 is 18.5 Å². The van der Waals surface area contributed by atoms with Gasteiger partial charge in [-0.1, -0.05) is 0 Å². The molecule has 0 saturated heterocycles. The first kappa shape index (κ1) is 20.5. The Labute approximate surface area is 183 Å². The van der Waals surface area contributed by atoms with E-state index >= 15 is 0 Å². The zero-order chi connectivity index (χ0) is 22.5. The quantitative estimate of drug-likeness (QED) is 0.473. The van der Waals surface area contributed by atoms with Crippen molar-refractivity contribution in [3.63, 3.8) is 0 Å². The third kappa shape index (κ3) is 3.70. The van der Waals surface area contributed by atoms with Crippen molar-refractivity contribution >= 4 is 49.9 Å². The normalized spacial score (nSPS) is 14.1. The molecule has 3 aromatic heterocycles. The highest BCUT2D eigenvalue weighted by molar-refractivity contribution is 7.19. The lowest BCUT2D eigenvalue weighted by Crippen LogP contribution is -2.37. The van der Waals surface area contributed by atoms with Gasteiger partial charge in [-0.2, -0.15) is 18.3 Å². The van der Waals surface area contributed by atoms with Crippen LogP contribution in [0.1, 0.15) is 16.9 Å². The molecule has 2 N–H and O–H groups in total. The lowest BCUT2D eigenvalue weighted by atomic mass is 10.0. The number of aromatic amines is 1. The van der Waals surface area contributed by atoms with Crippen LogP contribution in [0.2, 0.25) is 0 Å². The SMILES string of the molecule is COc1cc2[nH]ncc2cc1Nc1ncnc2sc3c(c12)CCN(C(=O)CC(F)(F)F)C3. The molecule has 8 nitrogen and oxygen atoms in total. The van der Waals surface area contributed by atoms with Crippen LogP contribution in [0.15, 0.2) is 24.7 Å². The van der Waals surface area contributed by atoms with Gasteiger partial charge < -0.3 is 15.0 Å². The van der Waals surface area contributed by atoms with Gasteiger partial charge in [-0.25, -0.2) is 9.97 Å². The molecule has 12 heteroatoms. The van der Waals surface area contributed by atoms with Gasteiger partial charge in [0, 0.05) is 22.9 Å². The second-order valence-corrected chi connectivity index (χ2v) is 8.48. The van der Waals surface area contributed by atoms with Crippen molar-refractivity contribution in [1.82, 2.24) is 25.1 Å². The van der Waals surface area contributed by atoms with Gasteiger partial charge in [-0.3, -0.25) is 9.89 Å². The third-order valence-electron chi connectivity index (χ3n) is 5.35. The number of rotatable bonds is 4. The molecule has 1 aliphatic rings. The molecule has 32 heavy (non-hydrogen) atoms. The number of halogens is 3. The number of hydrogen-bond acceptors (Lipinski definition) is 7. The summed E-state index contributed by atoms with van der Waals surface area (Å²) in [5.41, 5.74) is 2.48. The second-order valence-electron chi connectivity index (χ2n) is 7.40. The first-order valence-corrected chi connectivity index (χ1v) is 10.5. The summed E-state index contributed by atoms with van der Waals surface area (Å²) >= 11 is 1.36. The Morgan fingerprint density at radius 2 is 2.19 bits per heavy atom. The number of fused-ring (bicyclic) bond motifs is 4. The number of nitrogens with zero attached hydrogens (tertiary/aromatic N) is 4. The van der Waals surface area contributed by atoms with Crippen LogP contribution in [0.25, 0.3) is 21.1 Å². The van der Waals surface area contributed by atoms with Crippen LogP contribution in [-0.4, -0.2) is 50.8 Å². The molecule has 1 aliphatic heterocycles. The average molecular weight is 462 g/mol. The molecule has 0 radical (unpaired) electrons. The van der Waals surface area contributed by atoms with Crippen LogP contribution < -0.4 is 10.1 Å². The minimum Gasteiger partial charge on any atom is -0.494 e. The summed E-state index contributed by atoms with van der Waals surface area (Å²) in [6.07, 6.45) is -2.40. The summed E-state index contributed by atoms with van der Waals surface area (Å²) in [5.74, 6) is 0.258. The van der Waals surface area contributed by atoms with E-state index in [9.17, 15) is 18.0 Å². The summed E-state index contributed by atoms with van der Waals surface area (Å²) in [6.45, 7) is 0.349. The summed E-state index contributed by atoms with van der Waals surface area (Å²) in [7, 11) is 1.57. The highest BCUT2D eigenvalue weighted by Crippen LogP contribution is 2.40. The van der Waals surface area contributed by atoms with E-state index in [1.54, 1.807) is 13.3 Å². The van der Waals surface area contributed by atoms with Crippen molar-refractivity contribution < 1.29 is 22.7 Å².